The van der Waals surface area contributed by atoms with Gasteiger partial charge in [0.2, 0.25) is 0 Å². The van der Waals surface area contributed by atoms with Gasteiger partial charge in [0.15, 0.2) is 24.0 Å². The number of hydrogen-bond acceptors (Lipinski definition) is 15. The van der Waals surface area contributed by atoms with Gasteiger partial charge in [0.25, 0.3) is 6.04 Å². The van der Waals surface area contributed by atoms with E-state index in [2.05, 4.69) is 10.0 Å². The predicted octanol–water partition coefficient (Wildman–Crippen LogP) is 2.15. The second-order valence-electron chi connectivity index (χ2n) is 13.2. The second-order valence-corrected chi connectivity index (χ2v) is 13.2. The molecule has 262 valence electrons. The van der Waals surface area contributed by atoms with Crippen molar-refractivity contribution in [3.05, 3.63) is 56.5 Å². The summed E-state index contributed by atoms with van der Waals surface area (Å²) in [6.07, 6.45) is -9.26. The molecule has 1 aromatic rings. The summed E-state index contributed by atoms with van der Waals surface area (Å²) in [5, 5.41) is 18.5. The first-order chi connectivity index (χ1) is 22.7. The van der Waals surface area contributed by atoms with E-state index in [0.717, 1.165) is 12.5 Å². The van der Waals surface area contributed by atoms with Crippen molar-refractivity contribution in [2.24, 2.45) is 5.11 Å². The van der Waals surface area contributed by atoms with Gasteiger partial charge in [0.05, 0.1) is 6.10 Å². The first kappa shape index (κ1) is 34.4. The highest BCUT2D eigenvalue weighted by molar-refractivity contribution is 5.66. The van der Waals surface area contributed by atoms with E-state index in [1.807, 2.05) is 30.3 Å². The van der Waals surface area contributed by atoms with Gasteiger partial charge in [-0.15, -0.1) is 0 Å². The zero-order valence-electron chi connectivity index (χ0n) is 27.3. The lowest BCUT2D eigenvalue weighted by atomic mass is 9.87. The Morgan fingerprint density at radius 2 is 1.58 bits per heavy atom. The molecule has 5 saturated heterocycles. The standard InChI is InChI=1S/C30H39N5O13/c1-14(36)40-13-17-21(41-15(2)37)18(32-33-31)22(42-17)19-20(35(38)39)23(48-34(19)12-16-10-8-7-9-11-16)24-25-26(45-29(3,4)44-25)27-28(43-24)47-30(5,6)46-27/h7-11,17-28H,12-13H2,1-6H3/t17-,18?,19?,20?,21?,22+,23-,24?,25+,26?,27?,28-/m1/s1. The lowest BCUT2D eigenvalue weighted by Crippen LogP contribution is -2.62. The van der Waals surface area contributed by atoms with Gasteiger partial charge in [-0.25, -0.2) is 0 Å². The first-order valence-corrected chi connectivity index (χ1v) is 15.7. The molecule has 0 radical (unpaired) electrons. The monoisotopic (exact) mass is 677 g/mol. The van der Waals surface area contributed by atoms with Gasteiger partial charge in [0, 0.05) is 30.2 Å². The van der Waals surface area contributed by atoms with E-state index in [9.17, 15) is 25.2 Å². The van der Waals surface area contributed by atoms with E-state index >= 15 is 0 Å². The zero-order chi connectivity index (χ0) is 34.5. The molecule has 0 bridgehead atoms. The van der Waals surface area contributed by atoms with Crippen molar-refractivity contribution in [3.63, 3.8) is 0 Å². The molecule has 5 heterocycles. The van der Waals surface area contributed by atoms with Crippen LogP contribution in [0.2, 0.25) is 0 Å². The van der Waals surface area contributed by atoms with Gasteiger partial charge in [-0.1, -0.05) is 35.4 Å². The topological polar surface area (TPSA) is 212 Å². The number of azide groups is 1. The summed E-state index contributed by atoms with van der Waals surface area (Å²) < 4.78 is 48.0. The normalized spacial score (nSPS) is 39.6. The van der Waals surface area contributed by atoms with Crippen molar-refractivity contribution in [2.45, 2.75) is 133 Å². The quantitative estimate of drug-likeness (QED) is 0.0915. The van der Waals surface area contributed by atoms with Gasteiger partial charge < -0.3 is 37.9 Å². The van der Waals surface area contributed by atoms with E-state index in [0.29, 0.717) is 0 Å². The van der Waals surface area contributed by atoms with Crippen LogP contribution in [-0.4, -0.2) is 113 Å². The summed E-state index contributed by atoms with van der Waals surface area (Å²) in [4.78, 5) is 46.0. The van der Waals surface area contributed by atoms with Crippen molar-refractivity contribution < 1.29 is 57.2 Å². The molecule has 18 nitrogen and oxygen atoms in total. The number of carbonyl (C=O) groups excluding carboxylic acids is 2. The number of esters is 2. The zero-order valence-corrected chi connectivity index (χ0v) is 27.3. The fourth-order valence-corrected chi connectivity index (χ4v) is 7.23. The average molecular weight is 678 g/mol. The van der Waals surface area contributed by atoms with Crippen LogP contribution in [0.5, 0.6) is 0 Å². The summed E-state index contributed by atoms with van der Waals surface area (Å²) in [6.45, 7) is 8.92. The summed E-state index contributed by atoms with van der Waals surface area (Å²) in [7, 11) is 0. The summed E-state index contributed by atoms with van der Waals surface area (Å²) in [6, 6.07) is 4.99. The third-order valence-electron chi connectivity index (χ3n) is 8.86. The Hall–Kier alpha value is -3.45. The van der Waals surface area contributed by atoms with E-state index < -0.39 is 102 Å². The maximum Gasteiger partial charge on any atom is 0.303 e. The highest BCUT2D eigenvalue weighted by Crippen LogP contribution is 2.48. The number of nitrogens with zero attached hydrogens (tertiary/aromatic N) is 5. The largest absolute Gasteiger partial charge is 0.463 e. The van der Waals surface area contributed by atoms with Crippen LogP contribution in [0.1, 0.15) is 47.1 Å². The van der Waals surface area contributed by atoms with Gasteiger partial charge in [-0.05, 0) is 38.8 Å². The molecule has 1 aromatic carbocycles. The molecule has 5 fully saturated rings. The van der Waals surface area contributed by atoms with Crippen LogP contribution in [0.15, 0.2) is 35.4 Å². The molecule has 0 amide bonds. The third-order valence-corrected chi connectivity index (χ3v) is 8.86. The Kier molecular flexibility index (Phi) is 9.40. The smallest absolute Gasteiger partial charge is 0.303 e. The summed E-state index contributed by atoms with van der Waals surface area (Å²) >= 11 is 0. The Bertz CT molecular complexity index is 1440. The average Bonchev–Trinajstić information content (AvgIpc) is 3.71. The van der Waals surface area contributed by atoms with Crippen LogP contribution >= 0.6 is 0 Å². The number of hydroxylamine groups is 2. The maximum atomic E-state index is 13.2. The van der Waals surface area contributed by atoms with Gasteiger partial charge in [-0.3, -0.25) is 24.5 Å². The van der Waals surface area contributed by atoms with Crippen LogP contribution in [0.3, 0.4) is 0 Å². The molecule has 6 rings (SSSR count). The number of rotatable bonds is 9. The van der Waals surface area contributed by atoms with Gasteiger partial charge >= 0.3 is 11.9 Å². The van der Waals surface area contributed by atoms with Crippen molar-refractivity contribution in [1.29, 1.82) is 0 Å². The van der Waals surface area contributed by atoms with Crippen molar-refractivity contribution in [2.75, 3.05) is 6.61 Å². The van der Waals surface area contributed by atoms with E-state index in [4.69, 9.17) is 42.7 Å². The lowest BCUT2D eigenvalue weighted by Gasteiger charge is -2.39. The molecule has 0 N–H and O–H groups in total. The highest BCUT2D eigenvalue weighted by atomic mass is 16.9. The minimum Gasteiger partial charge on any atom is -0.463 e. The van der Waals surface area contributed by atoms with Gasteiger partial charge in [-0.2, -0.15) is 5.06 Å². The summed E-state index contributed by atoms with van der Waals surface area (Å²) in [5.41, 5.74) is 10.3. The van der Waals surface area contributed by atoms with E-state index in [1.54, 1.807) is 27.7 Å². The molecule has 18 heteroatoms. The SMILES string of the molecule is CC(=O)OC[C@H]1O[C@H](C2C([N+](=O)[O-])[C@H](C3O[C@@H]4OC(C)(C)OC4C4OC(C)(C)O[C@H]43)ON2Cc2ccccc2)C(N=[N+]=[N-])C1OC(C)=O. The molecular formula is C30H39N5O13. The van der Waals surface area contributed by atoms with Crippen molar-refractivity contribution in [3.8, 4) is 0 Å². The molecule has 0 spiro atoms. The number of nitro groups is 1. The van der Waals surface area contributed by atoms with Crippen molar-refractivity contribution in [1.82, 2.24) is 5.06 Å². The molecule has 12 atom stereocenters. The molecule has 0 aliphatic carbocycles. The van der Waals surface area contributed by atoms with Crippen LogP contribution in [0.25, 0.3) is 10.4 Å². The van der Waals surface area contributed by atoms with Crippen LogP contribution in [0, 0.1) is 10.1 Å². The number of carbonyl (C=O) groups is 2. The fourth-order valence-electron chi connectivity index (χ4n) is 7.23. The molecule has 0 saturated carbocycles. The molecule has 0 aromatic heterocycles. The van der Waals surface area contributed by atoms with Gasteiger partial charge in [0.1, 0.15) is 55.3 Å². The molecule has 48 heavy (non-hydrogen) atoms. The van der Waals surface area contributed by atoms with Crippen LogP contribution in [-0.2, 0) is 58.9 Å². The lowest BCUT2D eigenvalue weighted by molar-refractivity contribution is -0.535. The highest BCUT2D eigenvalue weighted by Gasteiger charge is 2.69. The van der Waals surface area contributed by atoms with Crippen molar-refractivity contribution >= 4 is 11.9 Å². The third kappa shape index (κ3) is 6.72. The Morgan fingerprint density at radius 3 is 2.21 bits per heavy atom. The maximum absolute atomic E-state index is 13.2. The Morgan fingerprint density at radius 1 is 0.938 bits per heavy atom. The van der Waals surface area contributed by atoms with Crippen LogP contribution < -0.4 is 0 Å². The number of ether oxygens (including phenoxy) is 8. The Balaban J connectivity index is 1.41. The number of fused-ring (bicyclic) bond motifs is 3. The first-order valence-electron chi connectivity index (χ1n) is 15.7. The second kappa shape index (κ2) is 13.1. The van der Waals surface area contributed by atoms with E-state index in [-0.39, 0.29) is 13.2 Å². The van der Waals surface area contributed by atoms with Crippen LogP contribution in [0.4, 0.5) is 0 Å². The molecular weight excluding hydrogens is 638 g/mol. The summed E-state index contributed by atoms with van der Waals surface area (Å²) in [5.74, 6) is -3.47. The fraction of sp³-hybridized carbons (Fsp3) is 0.733. The number of hydrogen-bond donors (Lipinski definition) is 0. The number of benzene rings is 1. The Labute approximate surface area is 275 Å². The molecule has 5 aliphatic heterocycles. The minimum absolute atomic E-state index is 0.0460. The molecule has 5 aliphatic rings. The van der Waals surface area contributed by atoms with E-state index in [1.165, 1.54) is 12.0 Å². The minimum atomic E-state index is -1.58. The predicted molar refractivity (Wildman–Crippen MR) is 158 cm³/mol. The molecule has 7 unspecified atom stereocenters.